The van der Waals surface area contributed by atoms with Crippen LogP contribution in [0.5, 0.6) is 11.5 Å². The normalized spacial score (nSPS) is 10.2. The number of hydrogen-bond acceptors (Lipinski definition) is 5. The average Bonchev–Trinajstić information content (AvgIpc) is 2.72. The zero-order valence-corrected chi connectivity index (χ0v) is 14.4. The highest BCUT2D eigenvalue weighted by molar-refractivity contribution is 5.92. The van der Waals surface area contributed by atoms with Crippen molar-refractivity contribution in [3.05, 3.63) is 83.9 Å². The number of ether oxygens (including phenoxy) is 2. The summed E-state index contributed by atoms with van der Waals surface area (Å²) in [4.78, 5) is 20.1. The summed E-state index contributed by atoms with van der Waals surface area (Å²) >= 11 is 0. The van der Waals surface area contributed by atoms with Gasteiger partial charge in [0.2, 0.25) is 0 Å². The van der Waals surface area contributed by atoms with E-state index in [1.165, 1.54) is 0 Å². The number of aromatic nitrogens is 2. The van der Waals surface area contributed by atoms with Gasteiger partial charge < -0.3 is 14.8 Å². The third-order valence-corrected chi connectivity index (χ3v) is 3.72. The van der Waals surface area contributed by atoms with Gasteiger partial charge in [-0.05, 0) is 47.5 Å². The van der Waals surface area contributed by atoms with Gasteiger partial charge in [-0.2, -0.15) is 0 Å². The van der Waals surface area contributed by atoms with Crippen LogP contribution in [0.25, 0.3) is 0 Å². The van der Waals surface area contributed by atoms with Crippen LogP contribution >= 0.6 is 0 Å². The fourth-order valence-electron chi connectivity index (χ4n) is 2.35. The van der Waals surface area contributed by atoms with Crippen LogP contribution < -0.4 is 14.8 Å². The van der Waals surface area contributed by atoms with Gasteiger partial charge in [0, 0.05) is 25.1 Å². The number of carbonyl (C=O) groups excluding carboxylic acids is 1. The van der Waals surface area contributed by atoms with Crippen LogP contribution in [0.4, 0.5) is 0 Å². The number of amides is 1. The maximum Gasteiger partial charge on any atom is 0.270 e. The van der Waals surface area contributed by atoms with E-state index in [0.29, 0.717) is 30.3 Å². The Balaban J connectivity index is 1.62. The number of methoxy groups -OCH3 is 1. The molecule has 6 nitrogen and oxygen atoms in total. The molecule has 2 aromatic heterocycles. The molecule has 26 heavy (non-hydrogen) atoms. The summed E-state index contributed by atoms with van der Waals surface area (Å²) in [6.45, 7) is 0.797. The highest BCUT2D eigenvalue weighted by atomic mass is 16.5. The smallest absolute Gasteiger partial charge is 0.270 e. The fraction of sp³-hybridized carbons (Fsp3) is 0.150. The summed E-state index contributed by atoms with van der Waals surface area (Å²) in [5.74, 6) is 1.04. The number of nitrogens with zero attached hydrogens (tertiary/aromatic N) is 2. The van der Waals surface area contributed by atoms with Crippen molar-refractivity contribution in [3.63, 3.8) is 0 Å². The Morgan fingerprint density at radius 3 is 2.58 bits per heavy atom. The molecule has 0 unspecified atom stereocenters. The Kier molecular flexibility index (Phi) is 5.77. The first-order valence-corrected chi connectivity index (χ1v) is 8.14. The van der Waals surface area contributed by atoms with Crippen LogP contribution in [0.1, 0.15) is 21.6 Å². The molecule has 0 aliphatic heterocycles. The molecule has 3 aromatic rings. The molecule has 0 atom stereocenters. The Labute approximate surface area is 151 Å². The van der Waals surface area contributed by atoms with E-state index in [1.807, 2.05) is 30.3 Å². The summed E-state index contributed by atoms with van der Waals surface area (Å²) < 4.78 is 11.2. The Hall–Kier alpha value is -3.41. The second kappa shape index (κ2) is 8.62. The first kappa shape index (κ1) is 17.4. The molecular formula is C20H19N3O3. The van der Waals surface area contributed by atoms with Gasteiger partial charge in [-0.15, -0.1) is 0 Å². The zero-order chi connectivity index (χ0) is 18.2. The van der Waals surface area contributed by atoms with Crippen LogP contribution in [-0.2, 0) is 13.2 Å². The minimum absolute atomic E-state index is 0.220. The minimum Gasteiger partial charge on any atom is -0.493 e. The predicted octanol–water partition coefficient (Wildman–Crippen LogP) is 2.99. The molecule has 0 aliphatic rings. The zero-order valence-electron chi connectivity index (χ0n) is 14.4. The number of rotatable bonds is 7. The average molecular weight is 349 g/mol. The molecule has 0 spiro atoms. The standard InChI is InChI=1S/C20H19N3O3/c1-25-19-12-16(13-23-20(24)17-4-2-3-9-22-17)5-6-18(19)26-14-15-7-10-21-11-8-15/h2-12H,13-14H2,1H3,(H,23,24). The molecule has 0 fully saturated rings. The summed E-state index contributed by atoms with van der Waals surface area (Å²) in [6, 6.07) is 14.6. The molecule has 0 bridgehead atoms. The summed E-state index contributed by atoms with van der Waals surface area (Å²) in [5.41, 5.74) is 2.31. The second-order valence-electron chi connectivity index (χ2n) is 5.53. The first-order chi connectivity index (χ1) is 12.8. The molecular weight excluding hydrogens is 330 g/mol. The van der Waals surface area contributed by atoms with Crippen molar-refractivity contribution in [1.82, 2.24) is 15.3 Å². The molecule has 2 heterocycles. The lowest BCUT2D eigenvalue weighted by Crippen LogP contribution is -2.23. The lowest BCUT2D eigenvalue weighted by Gasteiger charge is -2.12. The van der Waals surface area contributed by atoms with Crippen LogP contribution in [0.2, 0.25) is 0 Å². The van der Waals surface area contributed by atoms with Crippen LogP contribution in [0, 0.1) is 0 Å². The molecule has 0 radical (unpaired) electrons. The third-order valence-electron chi connectivity index (χ3n) is 3.72. The van der Waals surface area contributed by atoms with Gasteiger partial charge in [-0.1, -0.05) is 12.1 Å². The van der Waals surface area contributed by atoms with Gasteiger partial charge in [-0.3, -0.25) is 14.8 Å². The lowest BCUT2D eigenvalue weighted by molar-refractivity contribution is 0.0946. The molecule has 0 aliphatic carbocycles. The summed E-state index contributed by atoms with van der Waals surface area (Å²) in [7, 11) is 1.59. The number of pyridine rings is 2. The quantitative estimate of drug-likeness (QED) is 0.710. The third kappa shape index (κ3) is 4.57. The largest absolute Gasteiger partial charge is 0.493 e. The van der Waals surface area contributed by atoms with Gasteiger partial charge in [0.05, 0.1) is 7.11 Å². The molecule has 132 valence electrons. The SMILES string of the molecule is COc1cc(CNC(=O)c2ccccn2)ccc1OCc1ccncc1. The van der Waals surface area contributed by atoms with Crippen molar-refractivity contribution in [3.8, 4) is 11.5 Å². The van der Waals surface area contributed by atoms with Gasteiger partial charge in [0.25, 0.3) is 5.91 Å². The minimum atomic E-state index is -0.220. The molecule has 1 aromatic carbocycles. The van der Waals surface area contributed by atoms with E-state index in [-0.39, 0.29) is 5.91 Å². The van der Waals surface area contributed by atoms with Gasteiger partial charge in [-0.25, -0.2) is 0 Å². The Morgan fingerprint density at radius 1 is 1.00 bits per heavy atom. The summed E-state index contributed by atoms with van der Waals surface area (Å²) in [6.07, 6.45) is 5.04. The molecule has 1 amide bonds. The van der Waals surface area contributed by atoms with Gasteiger partial charge in [0.1, 0.15) is 12.3 Å². The number of hydrogen-bond donors (Lipinski definition) is 1. The topological polar surface area (TPSA) is 73.3 Å². The van der Waals surface area contributed by atoms with Crippen LogP contribution in [0.3, 0.4) is 0 Å². The van der Waals surface area contributed by atoms with Crippen molar-refractivity contribution >= 4 is 5.91 Å². The van der Waals surface area contributed by atoms with Crippen LogP contribution in [0.15, 0.2) is 67.1 Å². The maximum absolute atomic E-state index is 12.1. The van der Waals surface area contributed by atoms with E-state index < -0.39 is 0 Å². The van der Waals surface area contributed by atoms with E-state index in [1.54, 1.807) is 43.9 Å². The summed E-state index contributed by atoms with van der Waals surface area (Å²) in [5, 5.41) is 2.84. The maximum atomic E-state index is 12.1. The van der Waals surface area contributed by atoms with Gasteiger partial charge in [0.15, 0.2) is 11.5 Å². The van der Waals surface area contributed by atoms with Crippen LogP contribution in [-0.4, -0.2) is 23.0 Å². The van der Waals surface area contributed by atoms with Crippen molar-refractivity contribution in [2.45, 2.75) is 13.2 Å². The van der Waals surface area contributed by atoms with E-state index in [4.69, 9.17) is 9.47 Å². The van der Waals surface area contributed by atoms with Gasteiger partial charge >= 0.3 is 0 Å². The highest BCUT2D eigenvalue weighted by Gasteiger charge is 2.09. The van der Waals surface area contributed by atoms with E-state index in [0.717, 1.165) is 11.1 Å². The first-order valence-electron chi connectivity index (χ1n) is 8.14. The molecule has 0 saturated heterocycles. The molecule has 3 rings (SSSR count). The molecule has 1 N–H and O–H groups in total. The van der Waals surface area contributed by atoms with Crippen molar-refractivity contribution in [2.24, 2.45) is 0 Å². The van der Waals surface area contributed by atoms with Crippen molar-refractivity contribution in [1.29, 1.82) is 0 Å². The monoisotopic (exact) mass is 349 g/mol. The van der Waals surface area contributed by atoms with E-state index in [2.05, 4.69) is 15.3 Å². The Morgan fingerprint density at radius 2 is 1.85 bits per heavy atom. The number of benzene rings is 1. The predicted molar refractivity (Wildman–Crippen MR) is 97.0 cm³/mol. The number of carbonyl (C=O) groups is 1. The second-order valence-corrected chi connectivity index (χ2v) is 5.53. The number of nitrogens with one attached hydrogen (secondary N) is 1. The van der Waals surface area contributed by atoms with Crippen molar-refractivity contribution < 1.29 is 14.3 Å². The Bertz CT molecular complexity index is 855. The molecule has 0 saturated carbocycles. The fourth-order valence-corrected chi connectivity index (χ4v) is 2.35. The van der Waals surface area contributed by atoms with E-state index >= 15 is 0 Å². The van der Waals surface area contributed by atoms with E-state index in [9.17, 15) is 4.79 Å². The highest BCUT2D eigenvalue weighted by Crippen LogP contribution is 2.28. The molecule has 6 heteroatoms. The lowest BCUT2D eigenvalue weighted by atomic mass is 10.2. The van der Waals surface area contributed by atoms with Crippen molar-refractivity contribution in [2.75, 3.05) is 7.11 Å².